The number of hydrogen-bond acceptors (Lipinski definition) is 1. The fourth-order valence-electron chi connectivity index (χ4n) is 5.35. The third-order valence-corrected chi connectivity index (χ3v) is 6.70. The summed E-state index contributed by atoms with van der Waals surface area (Å²) in [6.07, 6.45) is 10.0. The Bertz CT molecular complexity index is 418. The van der Waals surface area contributed by atoms with Gasteiger partial charge in [-0.1, -0.05) is 45.4 Å². The fraction of sp³-hybridized carbons (Fsp3) is 0.800. The maximum absolute atomic E-state index is 10.3. The molecule has 0 saturated heterocycles. The van der Waals surface area contributed by atoms with E-state index in [1.807, 2.05) is 6.92 Å². The number of aliphatic hydroxyl groups is 1. The Balaban J connectivity index is 2.21. The molecule has 21 heavy (non-hydrogen) atoms. The first kappa shape index (κ1) is 16.8. The minimum Gasteiger partial charge on any atom is -0.386 e. The molecular formula is C20H34O. The van der Waals surface area contributed by atoms with Crippen molar-refractivity contribution >= 4 is 0 Å². The van der Waals surface area contributed by atoms with Gasteiger partial charge in [0.1, 0.15) is 0 Å². The van der Waals surface area contributed by atoms with E-state index in [1.165, 1.54) is 37.7 Å². The molecule has 2 aliphatic carbocycles. The van der Waals surface area contributed by atoms with Gasteiger partial charge in [0.2, 0.25) is 0 Å². The van der Waals surface area contributed by atoms with Gasteiger partial charge in [0, 0.05) is 0 Å². The molecule has 1 N–H and O–H groups in total. The molecule has 2 rings (SSSR count). The van der Waals surface area contributed by atoms with E-state index in [2.05, 4.69) is 33.9 Å². The van der Waals surface area contributed by atoms with Gasteiger partial charge in [0.25, 0.3) is 0 Å². The van der Waals surface area contributed by atoms with Gasteiger partial charge in [-0.15, -0.1) is 6.58 Å². The largest absolute Gasteiger partial charge is 0.386 e. The van der Waals surface area contributed by atoms with E-state index >= 15 is 0 Å². The maximum Gasteiger partial charge on any atom is 0.0797 e. The molecule has 1 unspecified atom stereocenters. The van der Waals surface area contributed by atoms with Crippen molar-refractivity contribution in [2.75, 3.05) is 0 Å². The maximum atomic E-state index is 10.3. The summed E-state index contributed by atoms with van der Waals surface area (Å²) in [6, 6.07) is 0. The first-order valence-corrected chi connectivity index (χ1v) is 8.66. The lowest BCUT2D eigenvalue weighted by Crippen LogP contribution is -2.49. The lowest BCUT2D eigenvalue weighted by molar-refractivity contribution is -0.0583. The molecular weight excluding hydrogens is 256 g/mol. The SMILES string of the molecule is C=CC(C)(O)CC[C@H]1C(=C)CC[C@H]2C(C)(C)CCC[C@]12C. The summed E-state index contributed by atoms with van der Waals surface area (Å²) >= 11 is 0. The van der Waals surface area contributed by atoms with Crippen LogP contribution in [0.2, 0.25) is 0 Å². The topological polar surface area (TPSA) is 20.2 Å². The van der Waals surface area contributed by atoms with Gasteiger partial charge in [0.05, 0.1) is 5.60 Å². The zero-order valence-electron chi connectivity index (χ0n) is 14.5. The molecule has 2 fully saturated rings. The van der Waals surface area contributed by atoms with Crippen LogP contribution in [0.25, 0.3) is 0 Å². The number of hydrogen-bond donors (Lipinski definition) is 1. The molecule has 0 aromatic rings. The highest BCUT2D eigenvalue weighted by Gasteiger charge is 2.52. The summed E-state index contributed by atoms with van der Waals surface area (Å²) in [7, 11) is 0. The molecule has 0 aromatic carbocycles. The van der Waals surface area contributed by atoms with Gasteiger partial charge in [-0.25, -0.2) is 0 Å². The second kappa shape index (κ2) is 5.57. The average molecular weight is 290 g/mol. The van der Waals surface area contributed by atoms with Crippen LogP contribution in [0.15, 0.2) is 24.8 Å². The molecule has 0 aliphatic heterocycles. The summed E-state index contributed by atoms with van der Waals surface area (Å²) in [5, 5.41) is 10.3. The van der Waals surface area contributed by atoms with Crippen LogP contribution in [0.1, 0.15) is 72.6 Å². The van der Waals surface area contributed by atoms with E-state index in [9.17, 15) is 5.11 Å². The van der Waals surface area contributed by atoms with Gasteiger partial charge >= 0.3 is 0 Å². The molecule has 0 aromatic heterocycles. The zero-order valence-corrected chi connectivity index (χ0v) is 14.5. The van der Waals surface area contributed by atoms with Gasteiger partial charge in [-0.05, 0) is 68.1 Å². The van der Waals surface area contributed by atoms with E-state index in [-0.39, 0.29) is 0 Å². The van der Waals surface area contributed by atoms with E-state index in [0.717, 1.165) is 18.8 Å². The summed E-state index contributed by atoms with van der Waals surface area (Å²) in [5.74, 6) is 1.35. The van der Waals surface area contributed by atoms with Crippen molar-refractivity contribution in [3.05, 3.63) is 24.8 Å². The first-order chi connectivity index (χ1) is 9.62. The molecule has 120 valence electrons. The van der Waals surface area contributed by atoms with Crippen molar-refractivity contribution in [3.63, 3.8) is 0 Å². The Morgan fingerprint density at radius 2 is 2.00 bits per heavy atom. The predicted octanol–water partition coefficient (Wildman–Crippen LogP) is 5.50. The van der Waals surface area contributed by atoms with Crippen molar-refractivity contribution in [1.82, 2.24) is 0 Å². The van der Waals surface area contributed by atoms with Gasteiger partial charge in [0.15, 0.2) is 0 Å². The summed E-state index contributed by atoms with van der Waals surface area (Å²) < 4.78 is 0. The highest BCUT2D eigenvalue weighted by Crippen LogP contribution is 2.61. The van der Waals surface area contributed by atoms with Crippen LogP contribution in [0.3, 0.4) is 0 Å². The number of allylic oxidation sites excluding steroid dienone is 1. The van der Waals surface area contributed by atoms with Gasteiger partial charge < -0.3 is 5.11 Å². The molecule has 0 heterocycles. The van der Waals surface area contributed by atoms with Crippen LogP contribution in [0, 0.1) is 22.7 Å². The number of rotatable bonds is 4. The standard InChI is InChI=1S/C20H34O/c1-7-19(5,21)14-11-16-15(2)9-10-17-18(3,4)12-8-13-20(16,17)6/h7,16-17,21H,1-2,8-14H2,3-6H3/t16-,17-,19?,20+/m0/s1. The summed E-state index contributed by atoms with van der Waals surface area (Å²) in [6.45, 7) is 17.4. The van der Waals surface area contributed by atoms with E-state index in [0.29, 0.717) is 16.7 Å². The average Bonchev–Trinajstić information content (AvgIpc) is 2.36. The lowest BCUT2D eigenvalue weighted by Gasteiger charge is -2.58. The monoisotopic (exact) mass is 290 g/mol. The van der Waals surface area contributed by atoms with Crippen molar-refractivity contribution in [2.45, 2.75) is 78.2 Å². The van der Waals surface area contributed by atoms with Crippen LogP contribution in [-0.4, -0.2) is 10.7 Å². The smallest absolute Gasteiger partial charge is 0.0797 e. The fourth-order valence-corrected chi connectivity index (χ4v) is 5.35. The quantitative estimate of drug-likeness (QED) is 0.678. The first-order valence-electron chi connectivity index (χ1n) is 8.66. The van der Waals surface area contributed by atoms with Crippen LogP contribution in [0.4, 0.5) is 0 Å². The highest BCUT2D eigenvalue weighted by atomic mass is 16.3. The second-order valence-corrected chi connectivity index (χ2v) is 8.75. The Kier molecular flexibility index (Phi) is 4.46. The Hall–Kier alpha value is -0.560. The van der Waals surface area contributed by atoms with Gasteiger partial charge in [-0.2, -0.15) is 0 Å². The Labute approximate surface area is 131 Å². The van der Waals surface area contributed by atoms with Crippen molar-refractivity contribution in [3.8, 4) is 0 Å². The second-order valence-electron chi connectivity index (χ2n) is 8.75. The highest BCUT2D eigenvalue weighted by molar-refractivity contribution is 5.16. The van der Waals surface area contributed by atoms with E-state index in [1.54, 1.807) is 6.08 Å². The normalized spacial score (nSPS) is 38.4. The molecule has 4 atom stereocenters. The molecule has 0 radical (unpaired) electrons. The molecule has 2 saturated carbocycles. The Morgan fingerprint density at radius 1 is 1.33 bits per heavy atom. The summed E-state index contributed by atoms with van der Waals surface area (Å²) in [4.78, 5) is 0. The molecule has 2 aliphatic rings. The Morgan fingerprint density at radius 3 is 2.62 bits per heavy atom. The van der Waals surface area contributed by atoms with Crippen LogP contribution >= 0.6 is 0 Å². The van der Waals surface area contributed by atoms with Crippen molar-refractivity contribution in [2.24, 2.45) is 22.7 Å². The van der Waals surface area contributed by atoms with Crippen LogP contribution in [-0.2, 0) is 0 Å². The molecule has 0 spiro atoms. The minimum absolute atomic E-state index is 0.369. The van der Waals surface area contributed by atoms with Crippen molar-refractivity contribution < 1.29 is 5.11 Å². The third-order valence-electron chi connectivity index (χ3n) is 6.70. The zero-order chi connectivity index (χ0) is 15.9. The van der Waals surface area contributed by atoms with Gasteiger partial charge in [-0.3, -0.25) is 0 Å². The van der Waals surface area contributed by atoms with Crippen LogP contribution in [0.5, 0.6) is 0 Å². The van der Waals surface area contributed by atoms with E-state index < -0.39 is 5.60 Å². The minimum atomic E-state index is -0.742. The van der Waals surface area contributed by atoms with E-state index in [4.69, 9.17) is 0 Å². The predicted molar refractivity (Wildman–Crippen MR) is 91.1 cm³/mol. The molecule has 0 amide bonds. The molecule has 0 bridgehead atoms. The van der Waals surface area contributed by atoms with Crippen LogP contribution < -0.4 is 0 Å². The molecule has 1 nitrogen and oxygen atoms in total. The lowest BCUT2D eigenvalue weighted by atomic mass is 9.47. The number of fused-ring (bicyclic) bond motifs is 1. The van der Waals surface area contributed by atoms with Crippen molar-refractivity contribution in [1.29, 1.82) is 0 Å². The molecule has 1 heteroatoms. The summed E-state index contributed by atoms with van der Waals surface area (Å²) in [5.41, 5.74) is 1.50. The third kappa shape index (κ3) is 3.13.